The molecule has 34 heavy (non-hydrogen) atoms. The average molecular weight is 476 g/mol. The number of anilines is 1. The lowest BCUT2D eigenvalue weighted by atomic mass is 9.83. The Morgan fingerprint density at radius 3 is 2.50 bits per heavy atom. The van der Waals surface area contributed by atoms with Gasteiger partial charge in [-0.3, -0.25) is 9.59 Å². The molecule has 5 nitrogen and oxygen atoms in total. The third-order valence-electron chi connectivity index (χ3n) is 7.46. The molecule has 1 saturated carbocycles. The molecule has 0 spiro atoms. The molecule has 0 N–H and O–H groups in total. The van der Waals surface area contributed by atoms with Crippen LogP contribution < -0.4 is 4.90 Å². The molecule has 3 fully saturated rings. The van der Waals surface area contributed by atoms with E-state index in [0.29, 0.717) is 5.25 Å². The highest BCUT2D eigenvalue weighted by Crippen LogP contribution is 2.43. The van der Waals surface area contributed by atoms with Crippen molar-refractivity contribution in [3.05, 3.63) is 70.6 Å². The van der Waals surface area contributed by atoms with Crippen LogP contribution in [0.2, 0.25) is 0 Å². The van der Waals surface area contributed by atoms with Gasteiger partial charge in [0.25, 0.3) is 5.91 Å². The number of carbonyl (C=O) groups is 2. The van der Waals surface area contributed by atoms with E-state index in [1.165, 1.54) is 11.3 Å². The van der Waals surface area contributed by atoms with Crippen molar-refractivity contribution >= 4 is 35.3 Å². The molecule has 0 radical (unpaired) electrons. The summed E-state index contributed by atoms with van der Waals surface area (Å²) in [4.78, 5) is 33.7. The molecular formula is C28H33N3O2S. The van der Waals surface area contributed by atoms with Gasteiger partial charge in [-0.2, -0.15) is 0 Å². The van der Waals surface area contributed by atoms with Gasteiger partial charge in [0, 0.05) is 56.1 Å². The zero-order valence-corrected chi connectivity index (χ0v) is 20.8. The van der Waals surface area contributed by atoms with Crippen molar-refractivity contribution in [3.63, 3.8) is 0 Å². The second-order valence-corrected chi connectivity index (χ2v) is 11.0. The van der Waals surface area contributed by atoms with E-state index in [0.717, 1.165) is 55.9 Å². The summed E-state index contributed by atoms with van der Waals surface area (Å²) >= 11 is 1.71. The van der Waals surface area contributed by atoms with E-state index in [-0.39, 0.29) is 23.8 Å². The number of amides is 2. The zero-order valence-electron chi connectivity index (χ0n) is 20.0. The third-order valence-corrected chi connectivity index (χ3v) is 8.86. The third kappa shape index (κ3) is 4.74. The Labute approximate surface area is 206 Å². The fraction of sp³-hybridized carbons (Fsp3) is 0.429. The highest BCUT2D eigenvalue weighted by Gasteiger charge is 2.43. The molecule has 3 unspecified atom stereocenters. The first-order valence-electron chi connectivity index (χ1n) is 12.3. The number of carbonyl (C=O) groups excluding carboxylic acids is 2. The van der Waals surface area contributed by atoms with Crippen molar-refractivity contribution in [2.24, 2.45) is 5.92 Å². The summed E-state index contributed by atoms with van der Waals surface area (Å²) in [6, 6.07) is 18.8. The maximum absolute atomic E-state index is 13.4. The Morgan fingerprint density at radius 1 is 1.00 bits per heavy atom. The van der Waals surface area contributed by atoms with Crippen molar-refractivity contribution in [1.82, 2.24) is 9.80 Å². The first-order chi connectivity index (χ1) is 16.5. The van der Waals surface area contributed by atoms with Crippen LogP contribution in [0.4, 0.5) is 5.69 Å². The SMILES string of the molecule is Cc1cccc(/C=C2\SC3CCC(C(=O)N4CCN(c5ccccc5)CC4)CC3N(C)C2=O)c1. The van der Waals surface area contributed by atoms with Gasteiger partial charge in [-0.1, -0.05) is 48.0 Å². The number of nitrogens with zero attached hydrogens (tertiary/aromatic N) is 3. The van der Waals surface area contributed by atoms with E-state index < -0.39 is 0 Å². The summed E-state index contributed by atoms with van der Waals surface area (Å²) in [5.74, 6) is 0.373. The van der Waals surface area contributed by atoms with E-state index in [2.05, 4.69) is 48.2 Å². The van der Waals surface area contributed by atoms with Crippen LogP contribution in [0.5, 0.6) is 0 Å². The molecule has 0 bridgehead atoms. The Kier molecular flexibility index (Phi) is 6.68. The molecule has 2 aliphatic heterocycles. The van der Waals surface area contributed by atoms with Crippen molar-refractivity contribution in [3.8, 4) is 0 Å². The van der Waals surface area contributed by atoms with Crippen LogP contribution in [-0.2, 0) is 9.59 Å². The first kappa shape index (κ1) is 23.0. The fourth-order valence-electron chi connectivity index (χ4n) is 5.52. The Balaban J connectivity index is 1.21. The van der Waals surface area contributed by atoms with Gasteiger partial charge >= 0.3 is 0 Å². The quantitative estimate of drug-likeness (QED) is 0.616. The smallest absolute Gasteiger partial charge is 0.260 e. The summed E-state index contributed by atoms with van der Waals surface area (Å²) in [5.41, 5.74) is 3.49. The number of piperazine rings is 1. The van der Waals surface area contributed by atoms with E-state index in [1.54, 1.807) is 11.8 Å². The zero-order chi connectivity index (χ0) is 23.7. The largest absolute Gasteiger partial charge is 0.368 e. The molecule has 2 heterocycles. The summed E-state index contributed by atoms with van der Waals surface area (Å²) in [7, 11) is 1.91. The first-order valence-corrected chi connectivity index (χ1v) is 13.2. The monoisotopic (exact) mass is 475 g/mol. The molecule has 2 saturated heterocycles. The van der Waals surface area contributed by atoms with E-state index in [1.807, 2.05) is 41.1 Å². The molecule has 3 aliphatic rings. The number of fused-ring (bicyclic) bond motifs is 1. The lowest BCUT2D eigenvalue weighted by molar-refractivity contribution is -0.139. The van der Waals surface area contributed by atoms with Gasteiger partial charge in [0.1, 0.15) is 0 Å². The van der Waals surface area contributed by atoms with Crippen LogP contribution in [-0.4, -0.2) is 66.1 Å². The number of likely N-dealkylation sites (N-methyl/N-ethyl adjacent to an activating group) is 1. The molecule has 178 valence electrons. The van der Waals surface area contributed by atoms with Gasteiger partial charge in [-0.25, -0.2) is 0 Å². The van der Waals surface area contributed by atoms with Crippen LogP contribution in [0.1, 0.15) is 30.4 Å². The maximum Gasteiger partial charge on any atom is 0.260 e. The molecule has 2 aromatic carbocycles. The molecule has 1 aliphatic carbocycles. The number of hydrogen-bond acceptors (Lipinski definition) is 4. The summed E-state index contributed by atoms with van der Waals surface area (Å²) in [6.45, 7) is 5.35. The van der Waals surface area contributed by atoms with Gasteiger partial charge in [-0.15, -0.1) is 11.8 Å². The molecule has 2 aromatic rings. The molecule has 5 rings (SSSR count). The Bertz CT molecular complexity index is 1080. The predicted molar refractivity (Wildman–Crippen MR) is 140 cm³/mol. The lowest BCUT2D eigenvalue weighted by Gasteiger charge is -2.45. The summed E-state index contributed by atoms with van der Waals surface area (Å²) in [5, 5.41) is 0.359. The minimum atomic E-state index is 0.0164. The second kappa shape index (κ2) is 9.87. The standard InChI is InChI=1S/C28H33N3O2S/c1-20-7-6-8-21(17-20)18-26-28(33)29(2)24-19-22(11-12-25(24)34-26)27(32)31-15-13-30(14-16-31)23-9-4-3-5-10-23/h3-10,17-18,22,24-25H,11-16,19H2,1-2H3/b26-18-. The molecule has 6 heteroatoms. The van der Waals surface area contributed by atoms with Gasteiger partial charge in [0.05, 0.1) is 4.91 Å². The van der Waals surface area contributed by atoms with Crippen molar-refractivity contribution in [1.29, 1.82) is 0 Å². The number of para-hydroxylation sites is 1. The van der Waals surface area contributed by atoms with Gasteiger partial charge in [0.2, 0.25) is 5.91 Å². The summed E-state index contributed by atoms with van der Waals surface area (Å²) in [6.07, 6.45) is 4.68. The number of hydrogen-bond donors (Lipinski definition) is 0. The van der Waals surface area contributed by atoms with Crippen LogP contribution >= 0.6 is 11.8 Å². The topological polar surface area (TPSA) is 43.9 Å². The number of benzene rings is 2. The number of thioether (sulfide) groups is 1. The van der Waals surface area contributed by atoms with Crippen LogP contribution in [0.3, 0.4) is 0 Å². The van der Waals surface area contributed by atoms with Crippen molar-refractivity contribution in [2.45, 2.75) is 37.5 Å². The molecule has 0 aromatic heterocycles. The average Bonchev–Trinajstić information content (AvgIpc) is 2.87. The van der Waals surface area contributed by atoms with Gasteiger partial charge < -0.3 is 14.7 Å². The predicted octanol–water partition coefficient (Wildman–Crippen LogP) is 4.43. The van der Waals surface area contributed by atoms with E-state index in [4.69, 9.17) is 0 Å². The molecular weight excluding hydrogens is 442 g/mol. The van der Waals surface area contributed by atoms with E-state index in [9.17, 15) is 9.59 Å². The second-order valence-electron chi connectivity index (χ2n) is 9.72. The van der Waals surface area contributed by atoms with Crippen molar-refractivity contribution < 1.29 is 9.59 Å². The molecule has 3 atom stereocenters. The Morgan fingerprint density at radius 2 is 1.76 bits per heavy atom. The Hall–Kier alpha value is -2.73. The highest BCUT2D eigenvalue weighted by atomic mass is 32.2. The highest BCUT2D eigenvalue weighted by molar-refractivity contribution is 8.04. The minimum Gasteiger partial charge on any atom is -0.368 e. The normalized spacial score (nSPS) is 26.5. The van der Waals surface area contributed by atoms with Gasteiger partial charge in [0.15, 0.2) is 0 Å². The van der Waals surface area contributed by atoms with Gasteiger partial charge in [-0.05, 0) is 50.0 Å². The maximum atomic E-state index is 13.4. The van der Waals surface area contributed by atoms with Crippen LogP contribution in [0, 0.1) is 12.8 Å². The fourth-order valence-corrected chi connectivity index (χ4v) is 7.00. The minimum absolute atomic E-state index is 0.0164. The van der Waals surface area contributed by atoms with Crippen LogP contribution in [0.15, 0.2) is 59.5 Å². The van der Waals surface area contributed by atoms with Crippen LogP contribution in [0.25, 0.3) is 6.08 Å². The van der Waals surface area contributed by atoms with Crippen molar-refractivity contribution in [2.75, 3.05) is 38.1 Å². The van der Waals surface area contributed by atoms with E-state index >= 15 is 0 Å². The number of aryl methyl sites for hydroxylation is 1. The lowest BCUT2D eigenvalue weighted by Crippen LogP contribution is -2.55. The number of rotatable bonds is 3. The summed E-state index contributed by atoms with van der Waals surface area (Å²) < 4.78 is 0. The molecule has 2 amide bonds.